The van der Waals surface area contributed by atoms with Crippen LogP contribution in [0.2, 0.25) is 5.02 Å². The van der Waals surface area contributed by atoms with Gasteiger partial charge in [-0.15, -0.1) is 0 Å². The lowest BCUT2D eigenvalue weighted by Crippen LogP contribution is -2.32. The van der Waals surface area contributed by atoms with E-state index in [9.17, 15) is 13.2 Å². The van der Waals surface area contributed by atoms with Gasteiger partial charge >= 0.3 is 5.97 Å². The number of nitrogens with zero attached hydrogens (tertiary/aromatic N) is 1. The fraction of sp³-hybridized carbons (Fsp3) is 0.364. The van der Waals surface area contributed by atoms with Crippen molar-refractivity contribution in [2.24, 2.45) is 0 Å². The van der Waals surface area contributed by atoms with E-state index in [0.29, 0.717) is 0 Å². The second kappa shape index (κ2) is 6.23. The van der Waals surface area contributed by atoms with Gasteiger partial charge in [0.15, 0.2) is 0 Å². The van der Waals surface area contributed by atoms with Crippen LogP contribution in [-0.2, 0) is 19.6 Å². The van der Waals surface area contributed by atoms with Crippen LogP contribution in [0.5, 0.6) is 5.75 Å². The van der Waals surface area contributed by atoms with Crippen molar-refractivity contribution < 1.29 is 22.7 Å². The van der Waals surface area contributed by atoms with Gasteiger partial charge in [-0.1, -0.05) is 11.6 Å². The van der Waals surface area contributed by atoms with Gasteiger partial charge in [0.05, 0.1) is 14.2 Å². The number of methoxy groups -OCH3 is 2. The van der Waals surface area contributed by atoms with Gasteiger partial charge in [-0.25, -0.2) is 8.42 Å². The molecule has 0 radical (unpaired) electrons. The monoisotopic (exact) mass is 307 g/mol. The van der Waals surface area contributed by atoms with Gasteiger partial charge in [0, 0.05) is 12.1 Å². The summed E-state index contributed by atoms with van der Waals surface area (Å²) in [6.07, 6.45) is 0. The van der Waals surface area contributed by atoms with Crippen LogP contribution in [0.15, 0.2) is 23.1 Å². The molecular formula is C11H14ClNO5S. The lowest BCUT2D eigenvalue weighted by Gasteiger charge is -2.17. The van der Waals surface area contributed by atoms with Gasteiger partial charge in [0.1, 0.15) is 17.2 Å². The van der Waals surface area contributed by atoms with Crippen molar-refractivity contribution in [1.29, 1.82) is 0 Å². The zero-order chi connectivity index (χ0) is 14.6. The Labute approximate surface area is 116 Å². The highest BCUT2D eigenvalue weighted by atomic mass is 35.5. The van der Waals surface area contributed by atoms with Gasteiger partial charge in [0.25, 0.3) is 0 Å². The number of carbonyl (C=O) groups excluding carboxylic acids is 1. The molecular weight excluding hydrogens is 294 g/mol. The highest BCUT2D eigenvalue weighted by Gasteiger charge is 2.27. The fourth-order valence-electron chi connectivity index (χ4n) is 1.35. The van der Waals surface area contributed by atoms with Crippen LogP contribution in [0.3, 0.4) is 0 Å². The summed E-state index contributed by atoms with van der Waals surface area (Å²) in [6, 6.07) is 4.23. The average Bonchev–Trinajstić information content (AvgIpc) is 2.38. The molecule has 0 atom stereocenters. The standard InChI is InChI=1S/C11H14ClNO5S/c1-13(7-11(14)18-3)19(15,16)10-6-8(12)4-5-9(10)17-2/h4-6H,7H2,1-3H3. The lowest BCUT2D eigenvalue weighted by atomic mass is 10.3. The summed E-state index contributed by atoms with van der Waals surface area (Å²) < 4.78 is 34.9. The Bertz CT molecular complexity index is 572. The minimum atomic E-state index is -3.89. The molecule has 0 aliphatic rings. The first-order valence-corrected chi connectivity index (χ1v) is 7.01. The third-order valence-corrected chi connectivity index (χ3v) is 4.45. The van der Waals surface area contributed by atoms with Crippen LogP contribution in [0.4, 0.5) is 0 Å². The quantitative estimate of drug-likeness (QED) is 0.763. The first kappa shape index (κ1) is 15.7. The van der Waals surface area contributed by atoms with Crippen LogP contribution >= 0.6 is 11.6 Å². The fourth-order valence-corrected chi connectivity index (χ4v) is 2.88. The number of ether oxygens (including phenoxy) is 2. The summed E-state index contributed by atoms with van der Waals surface area (Å²) in [5.41, 5.74) is 0. The lowest BCUT2D eigenvalue weighted by molar-refractivity contribution is -0.140. The third-order valence-electron chi connectivity index (χ3n) is 2.39. The van der Waals surface area contributed by atoms with Crippen LogP contribution in [0.1, 0.15) is 0 Å². The molecule has 0 spiro atoms. The van der Waals surface area contributed by atoms with E-state index in [1.54, 1.807) is 0 Å². The molecule has 0 unspecified atom stereocenters. The van der Waals surface area contributed by atoms with Crippen molar-refractivity contribution in [1.82, 2.24) is 4.31 Å². The maximum absolute atomic E-state index is 12.3. The Kier molecular flexibility index (Phi) is 5.16. The molecule has 0 N–H and O–H groups in total. The summed E-state index contributed by atoms with van der Waals surface area (Å²) >= 11 is 5.79. The van der Waals surface area contributed by atoms with E-state index in [1.807, 2.05) is 0 Å². The van der Waals surface area contributed by atoms with Gasteiger partial charge in [-0.3, -0.25) is 4.79 Å². The van der Waals surface area contributed by atoms with Crippen LogP contribution < -0.4 is 4.74 Å². The molecule has 0 amide bonds. The molecule has 0 heterocycles. The Morgan fingerprint density at radius 3 is 2.53 bits per heavy atom. The molecule has 1 aromatic carbocycles. The van der Waals surface area contributed by atoms with Gasteiger partial charge < -0.3 is 9.47 Å². The van der Waals surface area contributed by atoms with Crippen LogP contribution in [-0.4, -0.2) is 46.5 Å². The Balaban J connectivity index is 3.19. The predicted molar refractivity (Wildman–Crippen MR) is 69.8 cm³/mol. The second-order valence-corrected chi connectivity index (χ2v) is 6.08. The van der Waals surface area contributed by atoms with E-state index in [-0.39, 0.29) is 15.7 Å². The van der Waals surface area contributed by atoms with Gasteiger partial charge in [-0.05, 0) is 18.2 Å². The average molecular weight is 308 g/mol. The molecule has 1 aromatic rings. The topological polar surface area (TPSA) is 72.9 Å². The highest BCUT2D eigenvalue weighted by molar-refractivity contribution is 7.89. The number of hydrogen-bond acceptors (Lipinski definition) is 5. The van der Waals surface area contributed by atoms with Crippen LogP contribution in [0, 0.1) is 0 Å². The van der Waals surface area contributed by atoms with Crippen molar-refractivity contribution in [2.75, 3.05) is 27.8 Å². The maximum Gasteiger partial charge on any atom is 0.321 e. The Morgan fingerprint density at radius 1 is 1.37 bits per heavy atom. The molecule has 19 heavy (non-hydrogen) atoms. The Morgan fingerprint density at radius 2 is 2.00 bits per heavy atom. The first-order chi connectivity index (χ1) is 8.82. The van der Waals surface area contributed by atoms with E-state index in [1.165, 1.54) is 39.5 Å². The number of rotatable bonds is 5. The number of likely N-dealkylation sites (N-methyl/N-ethyl adjacent to an activating group) is 1. The maximum atomic E-state index is 12.3. The number of benzene rings is 1. The van der Waals surface area contributed by atoms with E-state index >= 15 is 0 Å². The van der Waals surface area contributed by atoms with Crippen LogP contribution in [0.25, 0.3) is 0 Å². The van der Waals surface area contributed by atoms with Crippen molar-refractivity contribution in [3.63, 3.8) is 0 Å². The predicted octanol–water partition coefficient (Wildman–Crippen LogP) is 1.14. The van der Waals surface area contributed by atoms with E-state index in [0.717, 1.165) is 4.31 Å². The SMILES string of the molecule is COC(=O)CN(C)S(=O)(=O)c1cc(Cl)ccc1OC. The van der Waals surface area contributed by atoms with Crippen molar-refractivity contribution in [2.45, 2.75) is 4.90 Å². The highest BCUT2D eigenvalue weighted by Crippen LogP contribution is 2.28. The molecule has 0 bridgehead atoms. The summed E-state index contributed by atoms with van der Waals surface area (Å²) in [5, 5.41) is 0.255. The molecule has 8 heteroatoms. The van der Waals surface area contributed by atoms with Crippen molar-refractivity contribution >= 4 is 27.6 Å². The molecule has 0 aromatic heterocycles. The third kappa shape index (κ3) is 3.59. The first-order valence-electron chi connectivity index (χ1n) is 5.19. The Hall–Kier alpha value is -1.31. The minimum Gasteiger partial charge on any atom is -0.495 e. The van der Waals surface area contributed by atoms with Crippen molar-refractivity contribution in [3.8, 4) is 5.75 Å². The molecule has 6 nitrogen and oxygen atoms in total. The molecule has 0 saturated heterocycles. The summed E-state index contributed by atoms with van der Waals surface area (Å²) in [4.78, 5) is 11.0. The van der Waals surface area contributed by atoms with Crippen molar-refractivity contribution in [3.05, 3.63) is 23.2 Å². The summed E-state index contributed by atoms with van der Waals surface area (Å²) in [5.74, 6) is -0.506. The number of sulfonamides is 1. The molecule has 0 aliphatic carbocycles. The van der Waals surface area contributed by atoms with E-state index in [2.05, 4.69) is 4.74 Å². The zero-order valence-electron chi connectivity index (χ0n) is 10.7. The zero-order valence-corrected chi connectivity index (χ0v) is 12.3. The molecule has 106 valence electrons. The number of carbonyl (C=O) groups is 1. The summed E-state index contributed by atoms with van der Waals surface area (Å²) in [6.45, 7) is -0.394. The molecule has 0 saturated carbocycles. The normalized spacial score (nSPS) is 11.4. The van der Waals surface area contributed by atoms with E-state index in [4.69, 9.17) is 16.3 Å². The van der Waals surface area contributed by atoms with Gasteiger partial charge in [-0.2, -0.15) is 4.31 Å². The number of esters is 1. The number of hydrogen-bond donors (Lipinski definition) is 0. The van der Waals surface area contributed by atoms with E-state index < -0.39 is 22.5 Å². The minimum absolute atomic E-state index is 0.103. The van der Waals surface area contributed by atoms with Gasteiger partial charge in [0.2, 0.25) is 10.0 Å². The molecule has 0 fully saturated rings. The second-order valence-electron chi connectivity index (χ2n) is 3.63. The summed E-state index contributed by atoms with van der Waals surface area (Å²) in [7, 11) is -0.0828. The molecule has 1 rings (SSSR count). The largest absolute Gasteiger partial charge is 0.495 e. The number of halogens is 1. The molecule has 0 aliphatic heterocycles. The smallest absolute Gasteiger partial charge is 0.321 e.